The maximum atomic E-state index is 8.88. The van der Waals surface area contributed by atoms with E-state index in [9.17, 15) is 0 Å². The van der Waals surface area contributed by atoms with E-state index in [4.69, 9.17) is 20.0 Å². The highest BCUT2D eigenvalue weighted by Gasteiger charge is 2.07. The summed E-state index contributed by atoms with van der Waals surface area (Å²) in [7, 11) is 1.52. The molecule has 0 saturated heterocycles. The average molecular weight is 276 g/mol. The van der Waals surface area contributed by atoms with E-state index in [0.717, 1.165) is 5.56 Å². The first kappa shape index (κ1) is 14.2. The first-order valence-corrected chi connectivity index (χ1v) is 6.19. The van der Waals surface area contributed by atoms with Crippen LogP contribution in [0.25, 0.3) is 6.08 Å². The molecule has 0 amide bonds. The molecule has 0 heterocycles. The summed E-state index contributed by atoms with van der Waals surface area (Å²) in [4.78, 5) is 0. The van der Waals surface area contributed by atoms with E-state index in [1.54, 1.807) is 30.3 Å². The maximum Gasteiger partial charge on any atom is 0.169 e. The molecule has 2 rings (SSSR count). The van der Waals surface area contributed by atoms with Gasteiger partial charge in [-0.05, 0) is 35.9 Å². The van der Waals surface area contributed by atoms with Crippen LogP contribution in [-0.2, 0) is 0 Å². The Hall–Kier alpha value is -3.24. The van der Waals surface area contributed by atoms with E-state index in [1.165, 1.54) is 13.2 Å². The summed E-state index contributed by atoms with van der Waals surface area (Å²) < 4.78 is 11.0. The fourth-order valence-electron chi connectivity index (χ4n) is 1.76. The summed E-state index contributed by atoms with van der Waals surface area (Å²) in [6.45, 7) is 0. The number of rotatable bonds is 4. The minimum Gasteiger partial charge on any atom is -0.493 e. The summed E-state index contributed by atoms with van der Waals surface area (Å²) in [6.07, 6.45) is 3.10. The molecule has 2 aromatic rings. The summed E-state index contributed by atoms with van der Waals surface area (Å²) in [5.74, 6) is 1.64. The Morgan fingerprint density at radius 1 is 1.05 bits per heavy atom. The highest BCUT2D eigenvalue weighted by Crippen LogP contribution is 2.32. The van der Waals surface area contributed by atoms with Gasteiger partial charge in [-0.2, -0.15) is 10.5 Å². The second-order valence-electron chi connectivity index (χ2n) is 4.11. The van der Waals surface area contributed by atoms with Crippen molar-refractivity contribution in [3.63, 3.8) is 0 Å². The van der Waals surface area contributed by atoms with Crippen molar-refractivity contribution in [1.82, 2.24) is 0 Å². The highest BCUT2D eigenvalue weighted by atomic mass is 16.5. The van der Waals surface area contributed by atoms with Crippen molar-refractivity contribution in [2.75, 3.05) is 7.11 Å². The summed E-state index contributed by atoms with van der Waals surface area (Å²) in [6, 6.07) is 16.3. The average Bonchev–Trinajstić information content (AvgIpc) is 2.53. The molecular weight excluding hydrogens is 264 g/mol. The van der Waals surface area contributed by atoms with Crippen LogP contribution in [0, 0.1) is 22.7 Å². The van der Waals surface area contributed by atoms with Gasteiger partial charge in [0.25, 0.3) is 0 Å². The Morgan fingerprint density at radius 2 is 1.90 bits per heavy atom. The lowest BCUT2D eigenvalue weighted by Crippen LogP contribution is -1.91. The lowest BCUT2D eigenvalue weighted by molar-refractivity contribution is 0.378. The predicted molar refractivity (Wildman–Crippen MR) is 78.9 cm³/mol. The molecule has 0 radical (unpaired) electrons. The zero-order valence-corrected chi connectivity index (χ0v) is 11.4. The van der Waals surface area contributed by atoms with Gasteiger partial charge in [0.05, 0.1) is 24.8 Å². The molecule has 102 valence electrons. The number of hydrogen-bond donors (Lipinski definition) is 0. The van der Waals surface area contributed by atoms with Gasteiger partial charge < -0.3 is 9.47 Å². The quantitative estimate of drug-likeness (QED) is 0.794. The zero-order chi connectivity index (χ0) is 15.1. The number of benzene rings is 2. The van der Waals surface area contributed by atoms with Gasteiger partial charge in [-0.25, -0.2) is 0 Å². The molecule has 0 saturated carbocycles. The monoisotopic (exact) mass is 276 g/mol. The largest absolute Gasteiger partial charge is 0.493 e. The Bertz CT molecular complexity index is 752. The third-order valence-electron chi connectivity index (χ3n) is 2.73. The lowest BCUT2D eigenvalue weighted by atomic mass is 10.2. The molecule has 0 unspecified atom stereocenters. The standard InChI is InChI=1S/C17H12N2O2/c1-20-17-11-14(12-19)7-8-16(17)21-15-6-2-4-13(10-15)5-3-9-18/h2-8,10-11H,1H3/b5-3+. The molecule has 0 bridgehead atoms. The maximum absolute atomic E-state index is 8.88. The molecule has 0 aromatic heterocycles. The van der Waals surface area contributed by atoms with Gasteiger partial charge in [0.1, 0.15) is 5.75 Å². The molecular formula is C17H12N2O2. The van der Waals surface area contributed by atoms with Gasteiger partial charge in [-0.3, -0.25) is 0 Å². The van der Waals surface area contributed by atoms with Crippen LogP contribution in [0.2, 0.25) is 0 Å². The van der Waals surface area contributed by atoms with Crippen molar-refractivity contribution in [3.8, 4) is 29.4 Å². The van der Waals surface area contributed by atoms with Crippen LogP contribution < -0.4 is 9.47 Å². The number of allylic oxidation sites excluding steroid dienone is 1. The van der Waals surface area contributed by atoms with Crippen molar-refractivity contribution in [1.29, 1.82) is 10.5 Å². The van der Waals surface area contributed by atoms with Gasteiger partial charge >= 0.3 is 0 Å². The topological polar surface area (TPSA) is 66.0 Å². The summed E-state index contributed by atoms with van der Waals surface area (Å²) in [5, 5.41) is 17.4. The number of hydrogen-bond acceptors (Lipinski definition) is 4. The molecule has 0 aliphatic rings. The molecule has 4 heteroatoms. The fourth-order valence-corrected chi connectivity index (χ4v) is 1.76. The number of ether oxygens (including phenoxy) is 2. The van der Waals surface area contributed by atoms with Crippen LogP contribution in [0.15, 0.2) is 48.5 Å². The number of nitrogens with zero attached hydrogens (tertiary/aromatic N) is 2. The highest BCUT2D eigenvalue weighted by molar-refractivity contribution is 5.55. The zero-order valence-electron chi connectivity index (χ0n) is 11.4. The van der Waals surface area contributed by atoms with Gasteiger partial charge in [0.2, 0.25) is 0 Å². The van der Waals surface area contributed by atoms with Crippen LogP contribution in [0.4, 0.5) is 0 Å². The second kappa shape index (κ2) is 6.79. The van der Waals surface area contributed by atoms with Crippen molar-refractivity contribution in [2.24, 2.45) is 0 Å². The molecule has 0 aliphatic carbocycles. The van der Waals surface area contributed by atoms with E-state index >= 15 is 0 Å². The Kier molecular flexibility index (Phi) is 4.58. The Balaban J connectivity index is 2.28. The minimum absolute atomic E-state index is 0.493. The molecule has 0 N–H and O–H groups in total. The third-order valence-corrected chi connectivity index (χ3v) is 2.73. The van der Waals surface area contributed by atoms with Gasteiger partial charge in [0, 0.05) is 12.1 Å². The van der Waals surface area contributed by atoms with Gasteiger partial charge in [0.15, 0.2) is 11.5 Å². The fraction of sp³-hybridized carbons (Fsp3) is 0.0588. The molecule has 0 fully saturated rings. The van der Waals surface area contributed by atoms with Crippen LogP contribution in [0.3, 0.4) is 0 Å². The van der Waals surface area contributed by atoms with E-state index in [0.29, 0.717) is 22.8 Å². The summed E-state index contributed by atoms with van der Waals surface area (Å²) in [5.41, 5.74) is 1.37. The molecule has 0 aliphatic heterocycles. The van der Waals surface area contributed by atoms with Gasteiger partial charge in [-0.1, -0.05) is 12.1 Å². The van der Waals surface area contributed by atoms with Gasteiger partial charge in [-0.15, -0.1) is 0 Å². The van der Waals surface area contributed by atoms with Crippen LogP contribution in [0.1, 0.15) is 11.1 Å². The molecule has 21 heavy (non-hydrogen) atoms. The van der Waals surface area contributed by atoms with E-state index in [-0.39, 0.29) is 0 Å². The Labute approximate surface area is 123 Å². The smallest absolute Gasteiger partial charge is 0.169 e. The van der Waals surface area contributed by atoms with Crippen LogP contribution in [-0.4, -0.2) is 7.11 Å². The number of methoxy groups -OCH3 is 1. The third kappa shape index (κ3) is 3.62. The predicted octanol–water partition coefficient (Wildman–Crippen LogP) is 3.90. The molecule has 4 nitrogen and oxygen atoms in total. The lowest BCUT2D eigenvalue weighted by Gasteiger charge is -2.10. The minimum atomic E-state index is 0.493. The van der Waals surface area contributed by atoms with Crippen molar-refractivity contribution >= 4 is 6.08 Å². The second-order valence-corrected chi connectivity index (χ2v) is 4.11. The first-order chi connectivity index (χ1) is 10.3. The van der Waals surface area contributed by atoms with E-state index in [2.05, 4.69) is 0 Å². The van der Waals surface area contributed by atoms with E-state index in [1.807, 2.05) is 30.3 Å². The van der Waals surface area contributed by atoms with Crippen LogP contribution >= 0.6 is 0 Å². The Morgan fingerprint density at radius 3 is 2.62 bits per heavy atom. The van der Waals surface area contributed by atoms with Crippen molar-refractivity contribution < 1.29 is 9.47 Å². The molecule has 0 atom stereocenters. The van der Waals surface area contributed by atoms with Crippen molar-refractivity contribution in [2.45, 2.75) is 0 Å². The molecule has 2 aromatic carbocycles. The van der Waals surface area contributed by atoms with Crippen LogP contribution in [0.5, 0.6) is 17.2 Å². The first-order valence-electron chi connectivity index (χ1n) is 6.19. The normalized spacial score (nSPS) is 9.86. The van der Waals surface area contributed by atoms with E-state index < -0.39 is 0 Å². The SMILES string of the molecule is COc1cc(C#N)ccc1Oc1cccc(/C=C/C#N)c1. The number of nitriles is 2. The molecule has 0 spiro atoms. The van der Waals surface area contributed by atoms with Crippen molar-refractivity contribution in [3.05, 3.63) is 59.7 Å². The summed E-state index contributed by atoms with van der Waals surface area (Å²) >= 11 is 0.